The zero-order chi connectivity index (χ0) is 13.3. The molecule has 2 N–H and O–H groups in total. The molecule has 1 aliphatic rings. The second kappa shape index (κ2) is 8.25. The van der Waals surface area contributed by atoms with Gasteiger partial charge in [0.05, 0.1) is 13.2 Å². The molecular weight excluding hydrogens is 238 g/mol. The van der Waals surface area contributed by atoms with Gasteiger partial charge in [0.1, 0.15) is 0 Å². The molecule has 2 atom stereocenters. The smallest absolute Gasteiger partial charge is 0.0506 e. The van der Waals surface area contributed by atoms with E-state index in [9.17, 15) is 0 Å². The highest BCUT2D eigenvalue weighted by atomic mass is 16.5. The van der Waals surface area contributed by atoms with Gasteiger partial charge in [-0.15, -0.1) is 0 Å². The topological polar surface area (TPSA) is 46.2 Å². The van der Waals surface area contributed by atoms with Crippen LogP contribution < -0.4 is 10.6 Å². The fraction of sp³-hybridized carbons (Fsp3) is 0.667. The fourth-order valence-electron chi connectivity index (χ4n) is 2.56. The van der Waals surface area contributed by atoms with Crippen LogP contribution in [0, 0.1) is 11.8 Å². The Kier molecular flexibility index (Phi) is 6.27. The number of pyridine rings is 1. The molecule has 1 saturated heterocycles. The van der Waals surface area contributed by atoms with Gasteiger partial charge >= 0.3 is 0 Å². The first kappa shape index (κ1) is 14.4. The third-order valence-corrected chi connectivity index (χ3v) is 3.57. The first-order valence-corrected chi connectivity index (χ1v) is 7.26. The molecule has 1 aromatic heterocycles. The van der Waals surface area contributed by atoms with Crippen LogP contribution in [0.3, 0.4) is 0 Å². The number of hydrogen-bond acceptors (Lipinski definition) is 4. The lowest BCUT2D eigenvalue weighted by molar-refractivity contribution is 0.0157. The average Bonchev–Trinajstić information content (AvgIpc) is 2.47. The van der Waals surface area contributed by atoms with Crippen molar-refractivity contribution in [3.63, 3.8) is 0 Å². The predicted molar refractivity (Wildman–Crippen MR) is 76.9 cm³/mol. The summed E-state index contributed by atoms with van der Waals surface area (Å²) in [5.74, 6) is 1.31. The number of nitrogens with zero attached hydrogens (tertiary/aromatic N) is 1. The van der Waals surface area contributed by atoms with E-state index < -0.39 is 0 Å². The number of nitrogens with one attached hydrogen (secondary N) is 2. The molecule has 4 nitrogen and oxygen atoms in total. The standard InChI is InChI=1S/C15H25N3O/c1-2-16-9-14-7-15(12-19-11-14)10-18-8-13-3-5-17-6-4-13/h3-6,14-16,18H,2,7-12H2,1H3. The number of aromatic nitrogens is 1. The van der Waals surface area contributed by atoms with Crippen molar-refractivity contribution in [1.82, 2.24) is 15.6 Å². The fourth-order valence-corrected chi connectivity index (χ4v) is 2.56. The van der Waals surface area contributed by atoms with E-state index >= 15 is 0 Å². The largest absolute Gasteiger partial charge is 0.381 e. The number of rotatable bonds is 7. The summed E-state index contributed by atoms with van der Waals surface area (Å²) in [5, 5.41) is 6.93. The van der Waals surface area contributed by atoms with Crippen molar-refractivity contribution >= 4 is 0 Å². The minimum Gasteiger partial charge on any atom is -0.381 e. The van der Waals surface area contributed by atoms with E-state index in [1.54, 1.807) is 0 Å². The van der Waals surface area contributed by atoms with Crippen molar-refractivity contribution in [2.45, 2.75) is 19.9 Å². The number of hydrogen-bond donors (Lipinski definition) is 2. The molecule has 0 radical (unpaired) electrons. The molecule has 0 spiro atoms. The Morgan fingerprint density at radius 1 is 1.16 bits per heavy atom. The molecular formula is C15H25N3O. The van der Waals surface area contributed by atoms with Crippen LogP contribution in [0.4, 0.5) is 0 Å². The normalized spacial score (nSPS) is 23.4. The summed E-state index contributed by atoms with van der Waals surface area (Å²) in [6.45, 7) is 8.03. The van der Waals surface area contributed by atoms with Crippen molar-refractivity contribution in [1.29, 1.82) is 0 Å². The van der Waals surface area contributed by atoms with Crippen LogP contribution in [0.15, 0.2) is 24.5 Å². The van der Waals surface area contributed by atoms with Gasteiger partial charge in [0.25, 0.3) is 0 Å². The van der Waals surface area contributed by atoms with Crippen molar-refractivity contribution in [3.05, 3.63) is 30.1 Å². The Morgan fingerprint density at radius 3 is 2.53 bits per heavy atom. The lowest BCUT2D eigenvalue weighted by Crippen LogP contribution is -2.37. The molecule has 0 bridgehead atoms. The average molecular weight is 263 g/mol. The maximum absolute atomic E-state index is 5.70. The van der Waals surface area contributed by atoms with E-state index in [0.29, 0.717) is 11.8 Å². The minimum absolute atomic E-state index is 0.638. The third kappa shape index (κ3) is 5.27. The van der Waals surface area contributed by atoms with Crippen LogP contribution in [0.1, 0.15) is 18.9 Å². The molecule has 19 heavy (non-hydrogen) atoms. The monoisotopic (exact) mass is 263 g/mol. The first-order valence-electron chi connectivity index (χ1n) is 7.26. The summed E-state index contributed by atoms with van der Waals surface area (Å²) >= 11 is 0. The van der Waals surface area contributed by atoms with E-state index in [-0.39, 0.29) is 0 Å². The molecule has 2 rings (SSSR count). The van der Waals surface area contributed by atoms with E-state index in [1.165, 1.54) is 12.0 Å². The van der Waals surface area contributed by atoms with E-state index in [4.69, 9.17) is 4.74 Å². The van der Waals surface area contributed by atoms with Crippen LogP contribution in [0.5, 0.6) is 0 Å². The maximum Gasteiger partial charge on any atom is 0.0506 e. The van der Waals surface area contributed by atoms with Gasteiger partial charge in [-0.25, -0.2) is 0 Å². The number of ether oxygens (including phenoxy) is 1. The van der Waals surface area contributed by atoms with Gasteiger partial charge in [-0.05, 0) is 42.5 Å². The van der Waals surface area contributed by atoms with Gasteiger partial charge in [0, 0.05) is 32.0 Å². The van der Waals surface area contributed by atoms with E-state index in [2.05, 4.69) is 34.7 Å². The summed E-state index contributed by atoms with van der Waals surface area (Å²) in [5.41, 5.74) is 1.29. The maximum atomic E-state index is 5.70. The molecule has 0 aliphatic carbocycles. The molecule has 2 unspecified atom stereocenters. The Labute approximate surface area is 116 Å². The van der Waals surface area contributed by atoms with Crippen molar-refractivity contribution in [2.75, 3.05) is 32.8 Å². The highest BCUT2D eigenvalue weighted by Crippen LogP contribution is 2.18. The molecule has 0 amide bonds. The highest BCUT2D eigenvalue weighted by molar-refractivity contribution is 5.08. The van der Waals surface area contributed by atoms with Crippen LogP contribution >= 0.6 is 0 Å². The Balaban J connectivity index is 1.65. The molecule has 0 saturated carbocycles. The lowest BCUT2D eigenvalue weighted by Gasteiger charge is -2.29. The van der Waals surface area contributed by atoms with Gasteiger partial charge in [-0.1, -0.05) is 6.92 Å². The summed E-state index contributed by atoms with van der Waals surface area (Å²) in [7, 11) is 0. The Morgan fingerprint density at radius 2 is 1.84 bits per heavy atom. The van der Waals surface area contributed by atoms with Crippen molar-refractivity contribution in [2.24, 2.45) is 11.8 Å². The lowest BCUT2D eigenvalue weighted by atomic mass is 9.93. The van der Waals surface area contributed by atoms with Crippen LogP contribution in [0.2, 0.25) is 0 Å². The van der Waals surface area contributed by atoms with E-state index in [0.717, 1.165) is 39.4 Å². The quantitative estimate of drug-likeness (QED) is 0.781. The highest BCUT2D eigenvalue weighted by Gasteiger charge is 2.21. The van der Waals surface area contributed by atoms with Gasteiger partial charge in [0.15, 0.2) is 0 Å². The van der Waals surface area contributed by atoms with Crippen molar-refractivity contribution < 1.29 is 4.74 Å². The summed E-state index contributed by atoms with van der Waals surface area (Å²) in [6, 6.07) is 4.11. The van der Waals surface area contributed by atoms with Crippen LogP contribution in [0.25, 0.3) is 0 Å². The van der Waals surface area contributed by atoms with Crippen molar-refractivity contribution in [3.8, 4) is 0 Å². The first-order chi connectivity index (χ1) is 9.38. The molecule has 1 fully saturated rings. The van der Waals surface area contributed by atoms with E-state index in [1.807, 2.05) is 12.4 Å². The minimum atomic E-state index is 0.638. The third-order valence-electron chi connectivity index (χ3n) is 3.57. The molecule has 4 heteroatoms. The summed E-state index contributed by atoms with van der Waals surface area (Å²) < 4.78 is 5.70. The molecule has 1 aromatic rings. The van der Waals surface area contributed by atoms with Gasteiger partial charge in [-0.3, -0.25) is 4.98 Å². The second-order valence-corrected chi connectivity index (χ2v) is 5.30. The summed E-state index contributed by atoms with van der Waals surface area (Å²) in [4.78, 5) is 4.03. The van der Waals surface area contributed by atoms with Gasteiger partial charge in [0.2, 0.25) is 0 Å². The molecule has 2 heterocycles. The van der Waals surface area contributed by atoms with Crippen LogP contribution in [-0.4, -0.2) is 37.8 Å². The Hall–Kier alpha value is -0.970. The zero-order valence-corrected chi connectivity index (χ0v) is 11.8. The zero-order valence-electron chi connectivity index (χ0n) is 11.8. The van der Waals surface area contributed by atoms with Crippen LogP contribution in [-0.2, 0) is 11.3 Å². The molecule has 1 aliphatic heterocycles. The Bertz CT molecular complexity index is 345. The summed E-state index contributed by atoms with van der Waals surface area (Å²) in [6.07, 6.45) is 4.94. The molecule has 0 aromatic carbocycles. The van der Waals surface area contributed by atoms with Gasteiger partial charge < -0.3 is 15.4 Å². The second-order valence-electron chi connectivity index (χ2n) is 5.30. The van der Waals surface area contributed by atoms with Gasteiger partial charge in [-0.2, -0.15) is 0 Å². The SMILES string of the molecule is CCNCC1COCC(CNCc2ccncc2)C1. The predicted octanol–water partition coefficient (Wildman–Crippen LogP) is 1.43. The molecule has 106 valence electrons.